The Balaban J connectivity index is 1.85. The Morgan fingerprint density at radius 1 is 0.475 bits per heavy atom. The number of nitrogens with zero attached hydrogens (tertiary/aromatic N) is 2. The molecular formula is C22H8F12N4S2. The Morgan fingerprint density at radius 2 is 0.775 bits per heavy atom. The number of hydrogen-bond acceptors (Lipinski definition) is 6. The van der Waals surface area contributed by atoms with Gasteiger partial charge >= 0.3 is 24.7 Å². The fourth-order valence-electron chi connectivity index (χ4n) is 4.10. The van der Waals surface area contributed by atoms with Crippen LogP contribution in [0.5, 0.6) is 0 Å². The van der Waals surface area contributed by atoms with Gasteiger partial charge in [0.15, 0.2) is 0 Å². The van der Waals surface area contributed by atoms with Crippen molar-refractivity contribution < 1.29 is 52.7 Å². The summed E-state index contributed by atoms with van der Waals surface area (Å²) in [6.45, 7) is 0. The van der Waals surface area contributed by atoms with Crippen LogP contribution >= 0.6 is 23.9 Å². The van der Waals surface area contributed by atoms with Crippen LogP contribution in [0, 0.1) is 0 Å². The van der Waals surface area contributed by atoms with Gasteiger partial charge < -0.3 is 9.44 Å². The molecule has 40 heavy (non-hydrogen) atoms. The first-order chi connectivity index (χ1) is 18.4. The zero-order valence-corrected chi connectivity index (χ0v) is 20.3. The van der Waals surface area contributed by atoms with Crippen LogP contribution in [0.4, 0.5) is 64.1 Å². The van der Waals surface area contributed by atoms with Crippen molar-refractivity contribution in [3.63, 3.8) is 0 Å². The maximum atomic E-state index is 13.5. The molecule has 5 rings (SSSR count). The number of benzene rings is 3. The van der Waals surface area contributed by atoms with Gasteiger partial charge in [-0.05, 0) is 47.5 Å². The van der Waals surface area contributed by atoms with E-state index in [-0.39, 0.29) is 45.7 Å². The van der Waals surface area contributed by atoms with Crippen LogP contribution in [0.3, 0.4) is 0 Å². The lowest BCUT2D eigenvalue weighted by Gasteiger charge is -2.18. The van der Waals surface area contributed by atoms with Crippen molar-refractivity contribution in [2.45, 2.75) is 24.7 Å². The minimum Gasteiger partial charge on any atom is -0.310 e. The van der Waals surface area contributed by atoms with E-state index in [0.717, 1.165) is 0 Å². The topological polar surface area (TPSA) is 49.8 Å². The second-order valence-corrected chi connectivity index (χ2v) is 9.50. The van der Waals surface area contributed by atoms with Crippen molar-refractivity contribution in [2.24, 2.45) is 0 Å². The van der Waals surface area contributed by atoms with E-state index in [9.17, 15) is 52.7 Å². The molecule has 0 fully saturated rings. The standard InChI is InChI=1S/C22H8F12N4S2/c23-19(24,25)9-1-7(2-10(5-9)20(26,27)28)13-15-17(37-39-35-15)14(18-16(13)36-40-38-18)8-3-11(21(29,30)31)6-12(4-8)22(32,33)34/h1-6,35,37H. The van der Waals surface area contributed by atoms with E-state index in [1.807, 2.05) is 0 Å². The Kier molecular flexibility index (Phi) is 6.37. The molecule has 0 bridgehead atoms. The van der Waals surface area contributed by atoms with Crippen LogP contribution < -0.4 is 9.44 Å². The van der Waals surface area contributed by atoms with Crippen LogP contribution in [0.1, 0.15) is 22.3 Å². The minimum absolute atomic E-state index is 0.0870. The highest BCUT2D eigenvalue weighted by Gasteiger charge is 2.40. The van der Waals surface area contributed by atoms with Gasteiger partial charge in [0, 0.05) is 11.1 Å². The molecule has 0 unspecified atom stereocenters. The summed E-state index contributed by atoms with van der Waals surface area (Å²) in [5.41, 5.74) is -9.52. The molecule has 212 valence electrons. The lowest BCUT2D eigenvalue weighted by molar-refractivity contribution is -0.144. The summed E-state index contributed by atoms with van der Waals surface area (Å²) in [5, 5.41) is 0. The van der Waals surface area contributed by atoms with Gasteiger partial charge in [0.25, 0.3) is 0 Å². The van der Waals surface area contributed by atoms with E-state index < -0.39 is 58.1 Å². The van der Waals surface area contributed by atoms with Crippen molar-refractivity contribution in [3.8, 4) is 22.3 Å². The largest absolute Gasteiger partial charge is 0.416 e. The monoisotopic (exact) mass is 620 g/mol. The molecule has 2 N–H and O–H groups in total. The number of hydrogen-bond donors (Lipinski definition) is 2. The Labute approximate surface area is 223 Å². The summed E-state index contributed by atoms with van der Waals surface area (Å²) >= 11 is 1.04. The predicted molar refractivity (Wildman–Crippen MR) is 123 cm³/mol. The lowest BCUT2D eigenvalue weighted by atomic mass is 9.91. The molecule has 0 aliphatic carbocycles. The Bertz CT molecular complexity index is 1450. The van der Waals surface area contributed by atoms with Crippen LogP contribution in [0.25, 0.3) is 33.3 Å². The number of aromatic nitrogens is 2. The van der Waals surface area contributed by atoms with Gasteiger partial charge in [0.05, 0.1) is 57.5 Å². The van der Waals surface area contributed by atoms with E-state index in [1.165, 1.54) is 0 Å². The van der Waals surface area contributed by atoms with Crippen LogP contribution in [0.15, 0.2) is 36.4 Å². The summed E-state index contributed by atoms with van der Waals surface area (Å²) in [6, 6.07) is 1.55. The summed E-state index contributed by atoms with van der Waals surface area (Å²) in [4.78, 5) is 0. The Hall–Kier alpha value is -3.41. The lowest BCUT2D eigenvalue weighted by Crippen LogP contribution is -2.11. The third-order valence-corrected chi connectivity index (χ3v) is 6.91. The van der Waals surface area contributed by atoms with Gasteiger partial charge in [-0.2, -0.15) is 61.4 Å². The average Bonchev–Trinajstić information content (AvgIpc) is 3.49. The first-order valence-electron chi connectivity index (χ1n) is 10.5. The van der Waals surface area contributed by atoms with Gasteiger partial charge in [0.1, 0.15) is 11.0 Å². The Morgan fingerprint density at radius 3 is 1.05 bits per heavy atom. The molecule has 0 radical (unpaired) electrons. The first-order valence-corrected chi connectivity index (χ1v) is 12.0. The molecule has 18 heteroatoms. The zero-order valence-electron chi connectivity index (χ0n) is 18.7. The fourth-order valence-corrected chi connectivity index (χ4v) is 5.32. The molecule has 3 aromatic carbocycles. The normalized spacial score (nSPS) is 14.3. The summed E-state index contributed by atoms with van der Waals surface area (Å²) < 4.78 is 175. The van der Waals surface area contributed by atoms with E-state index in [1.54, 1.807) is 0 Å². The molecule has 0 amide bonds. The summed E-state index contributed by atoms with van der Waals surface area (Å²) in [7, 11) is 0. The van der Waals surface area contributed by atoms with Gasteiger partial charge in [-0.3, -0.25) is 0 Å². The van der Waals surface area contributed by atoms with Gasteiger partial charge in [-0.1, -0.05) is 0 Å². The molecule has 0 saturated carbocycles. The molecule has 2 heterocycles. The minimum atomic E-state index is -5.19. The van der Waals surface area contributed by atoms with E-state index in [0.29, 0.717) is 48.1 Å². The van der Waals surface area contributed by atoms with E-state index in [2.05, 4.69) is 18.2 Å². The maximum Gasteiger partial charge on any atom is 0.416 e. The third-order valence-electron chi connectivity index (χ3n) is 5.77. The number of halogens is 12. The number of nitrogens with one attached hydrogen (secondary N) is 2. The average molecular weight is 620 g/mol. The van der Waals surface area contributed by atoms with Crippen molar-refractivity contribution in [1.29, 1.82) is 0 Å². The molecule has 0 atom stereocenters. The van der Waals surface area contributed by atoms with Crippen molar-refractivity contribution in [1.82, 2.24) is 8.75 Å². The predicted octanol–water partition coefficient (Wildman–Crippen LogP) is 9.50. The maximum absolute atomic E-state index is 13.5. The second kappa shape index (κ2) is 9.05. The van der Waals surface area contributed by atoms with Crippen molar-refractivity contribution in [3.05, 3.63) is 58.7 Å². The highest BCUT2D eigenvalue weighted by atomic mass is 32.2. The van der Waals surface area contributed by atoms with Crippen LogP contribution in [-0.4, -0.2) is 8.75 Å². The van der Waals surface area contributed by atoms with Crippen molar-refractivity contribution in [2.75, 3.05) is 9.44 Å². The van der Waals surface area contributed by atoms with E-state index in [4.69, 9.17) is 0 Å². The number of rotatable bonds is 2. The second-order valence-electron chi connectivity index (χ2n) is 8.36. The highest BCUT2D eigenvalue weighted by Crippen LogP contribution is 2.53. The third kappa shape index (κ3) is 4.97. The number of anilines is 2. The number of fused-ring (bicyclic) bond motifs is 2. The molecule has 4 nitrogen and oxygen atoms in total. The van der Waals surface area contributed by atoms with Crippen molar-refractivity contribution >= 4 is 46.3 Å². The molecule has 1 aliphatic heterocycles. The molecule has 1 aliphatic rings. The fraction of sp³-hybridized carbons (Fsp3) is 0.182. The molecule has 0 spiro atoms. The highest BCUT2D eigenvalue weighted by molar-refractivity contribution is 8.02. The summed E-state index contributed by atoms with van der Waals surface area (Å²) in [5.74, 6) is 0. The van der Waals surface area contributed by atoms with Crippen LogP contribution in [-0.2, 0) is 24.7 Å². The van der Waals surface area contributed by atoms with Gasteiger partial charge in [-0.15, -0.1) is 0 Å². The number of alkyl halides is 12. The molecule has 4 aromatic rings. The van der Waals surface area contributed by atoms with Gasteiger partial charge in [0.2, 0.25) is 0 Å². The smallest absolute Gasteiger partial charge is 0.310 e. The zero-order chi connectivity index (χ0) is 29.4. The van der Waals surface area contributed by atoms with Crippen LogP contribution in [0.2, 0.25) is 0 Å². The first kappa shape index (κ1) is 28.1. The SMILES string of the molecule is FC(F)(F)c1cc(-c2c3c(c(-c4cc(C(F)(F)F)cc(C(F)(F)F)c4)c4nsnc24)NSN3)cc(C(F)(F)F)c1. The molecule has 1 aromatic heterocycles. The van der Waals surface area contributed by atoms with Gasteiger partial charge in [-0.25, -0.2) is 0 Å². The quantitative estimate of drug-likeness (QED) is 0.173. The molecule has 0 saturated heterocycles. The summed E-state index contributed by atoms with van der Waals surface area (Å²) in [6.07, 6.45) is -20.8. The van der Waals surface area contributed by atoms with E-state index >= 15 is 0 Å². The molecular weight excluding hydrogens is 612 g/mol.